The van der Waals surface area contributed by atoms with E-state index in [0.717, 1.165) is 26.1 Å². The average molecular weight is 215 g/mol. The van der Waals surface area contributed by atoms with Crippen molar-refractivity contribution in [2.24, 2.45) is 10.9 Å². The highest BCUT2D eigenvalue weighted by molar-refractivity contribution is 5.79. The van der Waals surface area contributed by atoms with Crippen LogP contribution < -0.4 is 5.73 Å². The fraction of sp³-hybridized carbons (Fsp3) is 0.900. The molecule has 0 aromatic heterocycles. The van der Waals surface area contributed by atoms with Gasteiger partial charge in [0.15, 0.2) is 0 Å². The zero-order valence-electron chi connectivity index (χ0n) is 9.35. The summed E-state index contributed by atoms with van der Waals surface area (Å²) in [6.07, 6.45) is 4.55. The zero-order valence-corrected chi connectivity index (χ0v) is 9.35. The van der Waals surface area contributed by atoms with Crippen LogP contribution in [0.5, 0.6) is 0 Å². The summed E-state index contributed by atoms with van der Waals surface area (Å²) in [6, 6.07) is 0. The molecule has 0 aromatic carbocycles. The van der Waals surface area contributed by atoms with E-state index in [2.05, 4.69) is 10.1 Å². The fourth-order valence-electron chi connectivity index (χ4n) is 1.75. The molecular weight excluding hydrogens is 194 g/mol. The molecule has 1 saturated heterocycles. The van der Waals surface area contributed by atoms with E-state index in [4.69, 9.17) is 15.7 Å². The maximum Gasteiger partial charge on any atom is 0.140 e. The van der Waals surface area contributed by atoms with Gasteiger partial charge in [0.25, 0.3) is 0 Å². The third-order valence-corrected chi connectivity index (χ3v) is 2.67. The summed E-state index contributed by atoms with van der Waals surface area (Å²) >= 11 is 0. The van der Waals surface area contributed by atoms with E-state index in [1.807, 2.05) is 7.05 Å². The summed E-state index contributed by atoms with van der Waals surface area (Å²) in [7, 11) is 2.03. The number of hydrogen-bond donors (Lipinski definition) is 2. The SMILES string of the molecule is CN(CC/C(N)=N/O)CC1CCCCO1. The first-order valence-electron chi connectivity index (χ1n) is 5.49. The Balaban J connectivity index is 2.14. The van der Waals surface area contributed by atoms with Crippen molar-refractivity contribution in [1.29, 1.82) is 0 Å². The predicted octanol–water partition coefficient (Wildman–Crippen LogP) is 0.624. The molecule has 1 aliphatic heterocycles. The number of ether oxygens (including phenoxy) is 1. The molecule has 1 rings (SSSR count). The van der Waals surface area contributed by atoms with Crippen LogP contribution in [0.1, 0.15) is 25.7 Å². The number of hydrogen-bond acceptors (Lipinski definition) is 4. The van der Waals surface area contributed by atoms with Crippen LogP contribution in [0.4, 0.5) is 0 Å². The second-order valence-corrected chi connectivity index (χ2v) is 4.09. The molecule has 0 spiro atoms. The Bertz CT molecular complexity index is 203. The molecule has 5 nitrogen and oxygen atoms in total. The second kappa shape index (κ2) is 6.63. The van der Waals surface area contributed by atoms with Gasteiger partial charge >= 0.3 is 0 Å². The Morgan fingerprint density at radius 2 is 2.40 bits per heavy atom. The molecule has 0 radical (unpaired) electrons. The second-order valence-electron chi connectivity index (χ2n) is 4.09. The minimum atomic E-state index is 0.284. The molecule has 1 unspecified atom stereocenters. The van der Waals surface area contributed by atoms with Crippen LogP contribution in [0.3, 0.4) is 0 Å². The molecule has 0 aliphatic carbocycles. The highest BCUT2D eigenvalue weighted by Crippen LogP contribution is 2.13. The molecule has 0 amide bonds. The van der Waals surface area contributed by atoms with Gasteiger partial charge in [-0.15, -0.1) is 0 Å². The molecule has 0 aromatic rings. The van der Waals surface area contributed by atoms with Crippen molar-refractivity contribution in [1.82, 2.24) is 4.90 Å². The van der Waals surface area contributed by atoms with Gasteiger partial charge in [-0.05, 0) is 26.3 Å². The third-order valence-electron chi connectivity index (χ3n) is 2.67. The Labute approximate surface area is 90.9 Å². The molecule has 1 atom stereocenters. The van der Waals surface area contributed by atoms with E-state index in [1.165, 1.54) is 12.8 Å². The maximum absolute atomic E-state index is 8.39. The monoisotopic (exact) mass is 215 g/mol. The summed E-state index contributed by atoms with van der Waals surface area (Å²) in [5.41, 5.74) is 5.40. The van der Waals surface area contributed by atoms with Gasteiger partial charge in [0, 0.05) is 26.1 Å². The number of nitrogens with two attached hydrogens (primary N) is 1. The van der Waals surface area contributed by atoms with Gasteiger partial charge in [-0.1, -0.05) is 5.16 Å². The Hall–Kier alpha value is -0.810. The van der Waals surface area contributed by atoms with Gasteiger partial charge in [-0.25, -0.2) is 0 Å². The first-order valence-corrected chi connectivity index (χ1v) is 5.49. The lowest BCUT2D eigenvalue weighted by Crippen LogP contribution is -2.35. The molecular formula is C10H21N3O2. The zero-order chi connectivity index (χ0) is 11.1. The largest absolute Gasteiger partial charge is 0.409 e. The van der Waals surface area contributed by atoms with E-state index in [0.29, 0.717) is 12.5 Å². The summed E-state index contributed by atoms with van der Waals surface area (Å²) in [4.78, 5) is 2.16. The normalized spacial score (nSPS) is 23.3. The van der Waals surface area contributed by atoms with Gasteiger partial charge in [0.2, 0.25) is 0 Å². The topological polar surface area (TPSA) is 71.1 Å². The van der Waals surface area contributed by atoms with Crippen molar-refractivity contribution in [2.75, 3.05) is 26.7 Å². The fourth-order valence-corrected chi connectivity index (χ4v) is 1.75. The lowest BCUT2D eigenvalue weighted by Gasteiger charge is -2.27. The third kappa shape index (κ3) is 4.99. The molecule has 15 heavy (non-hydrogen) atoms. The van der Waals surface area contributed by atoms with Crippen LogP contribution in [-0.2, 0) is 4.74 Å². The Kier molecular flexibility index (Phi) is 5.42. The number of rotatable bonds is 5. The summed E-state index contributed by atoms with van der Waals surface area (Å²) in [5, 5.41) is 11.3. The average Bonchev–Trinajstić information content (AvgIpc) is 2.27. The van der Waals surface area contributed by atoms with Crippen LogP contribution >= 0.6 is 0 Å². The minimum absolute atomic E-state index is 0.284. The highest BCUT2D eigenvalue weighted by atomic mass is 16.5. The van der Waals surface area contributed by atoms with Gasteiger partial charge < -0.3 is 20.6 Å². The minimum Gasteiger partial charge on any atom is -0.409 e. The van der Waals surface area contributed by atoms with Crippen molar-refractivity contribution in [3.63, 3.8) is 0 Å². The lowest BCUT2D eigenvalue weighted by atomic mass is 10.1. The van der Waals surface area contributed by atoms with E-state index in [9.17, 15) is 0 Å². The van der Waals surface area contributed by atoms with Crippen molar-refractivity contribution >= 4 is 5.84 Å². The van der Waals surface area contributed by atoms with Crippen LogP contribution in [0.25, 0.3) is 0 Å². The summed E-state index contributed by atoms with van der Waals surface area (Å²) in [6.45, 7) is 2.62. The van der Waals surface area contributed by atoms with E-state index >= 15 is 0 Å². The molecule has 5 heteroatoms. The van der Waals surface area contributed by atoms with E-state index in [1.54, 1.807) is 0 Å². The number of likely N-dealkylation sites (N-methyl/N-ethyl adjacent to an activating group) is 1. The maximum atomic E-state index is 8.39. The van der Waals surface area contributed by atoms with Gasteiger partial charge in [0.05, 0.1) is 6.10 Å². The highest BCUT2D eigenvalue weighted by Gasteiger charge is 2.15. The van der Waals surface area contributed by atoms with E-state index in [-0.39, 0.29) is 5.84 Å². The molecule has 0 bridgehead atoms. The van der Waals surface area contributed by atoms with Crippen molar-refractivity contribution in [2.45, 2.75) is 31.8 Å². The first kappa shape index (κ1) is 12.3. The predicted molar refractivity (Wildman–Crippen MR) is 59.1 cm³/mol. The van der Waals surface area contributed by atoms with Crippen LogP contribution in [0.15, 0.2) is 5.16 Å². The van der Waals surface area contributed by atoms with E-state index < -0.39 is 0 Å². The summed E-state index contributed by atoms with van der Waals surface area (Å²) < 4.78 is 5.63. The number of nitrogens with zero attached hydrogens (tertiary/aromatic N) is 2. The standard InChI is InChI=1S/C10H21N3O2/c1-13(6-5-10(11)12-14)8-9-4-2-3-7-15-9/h9,14H,2-8H2,1H3,(H2,11,12). The Morgan fingerprint density at radius 1 is 1.60 bits per heavy atom. The Morgan fingerprint density at radius 3 is 3.00 bits per heavy atom. The number of amidine groups is 1. The molecule has 0 saturated carbocycles. The molecule has 1 heterocycles. The first-order chi connectivity index (χ1) is 7.22. The van der Waals surface area contributed by atoms with Crippen molar-refractivity contribution in [3.8, 4) is 0 Å². The van der Waals surface area contributed by atoms with Crippen molar-refractivity contribution < 1.29 is 9.94 Å². The van der Waals surface area contributed by atoms with Crippen LogP contribution in [-0.4, -0.2) is 48.8 Å². The summed E-state index contributed by atoms with van der Waals surface area (Å²) in [5.74, 6) is 0.284. The van der Waals surface area contributed by atoms with Crippen LogP contribution in [0, 0.1) is 0 Å². The van der Waals surface area contributed by atoms with Gasteiger partial charge in [-0.2, -0.15) is 0 Å². The smallest absolute Gasteiger partial charge is 0.140 e. The van der Waals surface area contributed by atoms with Gasteiger partial charge in [0.1, 0.15) is 5.84 Å². The lowest BCUT2D eigenvalue weighted by molar-refractivity contribution is -0.00105. The molecule has 1 aliphatic rings. The van der Waals surface area contributed by atoms with Gasteiger partial charge in [-0.3, -0.25) is 0 Å². The molecule has 88 valence electrons. The molecule has 3 N–H and O–H groups in total. The van der Waals surface area contributed by atoms with Crippen LogP contribution in [0.2, 0.25) is 0 Å². The number of oxime groups is 1. The molecule has 1 fully saturated rings. The van der Waals surface area contributed by atoms with Crippen molar-refractivity contribution in [3.05, 3.63) is 0 Å². The quantitative estimate of drug-likeness (QED) is 0.305.